The number of benzene rings is 1. The SMILES string of the molecule is CCCCCCCCOc1ccc(C2=CCC(CCC)C=C2)cc1. The Balaban J connectivity index is 1.70. The van der Waals surface area contributed by atoms with E-state index in [1.807, 2.05) is 0 Å². The molecule has 0 saturated heterocycles. The first-order valence-corrected chi connectivity index (χ1v) is 9.95. The van der Waals surface area contributed by atoms with Crippen molar-refractivity contribution in [2.75, 3.05) is 6.61 Å². The monoisotopic (exact) mass is 326 g/mol. The molecular weight excluding hydrogens is 292 g/mol. The standard InChI is InChI=1S/C23H34O/c1-3-5-6-7-8-9-19-24-23-17-15-22(16-18-23)21-13-11-20(10-4-2)12-14-21/h11,13-18,20H,3-10,12,19H2,1-2H3. The molecule has 0 radical (unpaired) electrons. The lowest BCUT2D eigenvalue weighted by atomic mass is 9.90. The molecule has 1 aromatic carbocycles. The predicted molar refractivity (Wildman–Crippen MR) is 105 cm³/mol. The van der Waals surface area contributed by atoms with E-state index in [2.05, 4.69) is 56.3 Å². The highest BCUT2D eigenvalue weighted by atomic mass is 16.5. The van der Waals surface area contributed by atoms with E-state index in [9.17, 15) is 0 Å². The van der Waals surface area contributed by atoms with E-state index in [-0.39, 0.29) is 0 Å². The molecule has 1 unspecified atom stereocenters. The van der Waals surface area contributed by atoms with Crippen molar-refractivity contribution in [2.24, 2.45) is 5.92 Å². The van der Waals surface area contributed by atoms with Crippen LogP contribution >= 0.6 is 0 Å². The average molecular weight is 327 g/mol. The molecule has 2 rings (SSSR count). The van der Waals surface area contributed by atoms with Crippen molar-refractivity contribution in [3.8, 4) is 5.75 Å². The average Bonchev–Trinajstić information content (AvgIpc) is 2.62. The third-order valence-electron chi connectivity index (χ3n) is 4.80. The lowest BCUT2D eigenvalue weighted by Gasteiger charge is -2.15. The maximum atomic E-state index is 5.87. The van der Waals surface area contributed by atoms with Crippen LogP contribution in [-0.2, 0) is 0 Å². The van der Waals surface area contributed by atoms with Crippen molar-refractivity contribution in [3.63, 3.8) is 0 Å². The Kier molecular flexibility index (Phi) is 8.73. The second-order valence-corrected chi connectivity index (χ2v) is 6.94. The summed E-state index contributed by atoms with van der Waals surface area (Å²) >= 11 is 0. The van der Waals surface area contributed by atoms with E-state index in [0.29, 0.717) is 0 Å². The maximum absolute atomic E-state index is 5.87. The zero-order chi connectivity index (χ0) is 17.0. The van der Waals surface area contributed by atoms with Crippen LogP contribution < -0.4 is 4.74 Å². The fourth-order valence-corrected chi connectivity index (χ4v) is 3.28. The normalized spacial score (nSPS) is 16.9. The first-order valence-electron chi connectivity index (χ1n) is 9.95. The van der Waals surface area contributed by atoms with Gasteiger partial charge in [-0.3, -0.25) is 0 Å². The molecule has 0 aliphatic heterocycles. The van der Waals surface area contributed by atoms with Gasteiger partial charge in [-0.1, -0.05) is 82.7 Å². The molecule has 1 aromatic rings. The Bertz CT molecular complexity index is 509. The van der Waals surface area contributed by atoms with Gasteiger partial charge in [0.15, 0.2) is 0 Å². The van der Waals surface area contributed by atoms with Crippen LogP contribution in [0.25, 0.3) is 5.57 Å². The lowest BCUT2D eigenvalue weighted by molar-refractivity contribution is 0.304. The Morgan fingerprint density at radius 2 is 1.67 bits per heavy atom. The molecule has 0 heterocycles. The molecule has 132 valence electrons. The highest BCUT2D eigenvalue weighted by Crippen LogP contribution is 2.27. The second-order valence-electron chi connectivity index (χ2n) is 6.94. The summed E-state index contributed by atoms with van der Waals surface area (Å²) in [6.07, 6.45) is 18.6. The molecule has 0 fully saturated rings. The molecule has 1 heteroatoms. The summed E-state index contributed by atoms with van der Waals surface area (Å²) in [5.41, 5.74) is 2.65. The number of hydrogen-bond donors (Lipinski definition) is 0. The largest absolute Gasteiger partial charge is 0.494 e. The Morgan fingerprint density at radius 3 is 2.33 bits per heavy atom. The fourth-order valence-electron chi connectivity index (χ4n) is 3.28. The van der Waals surface area contributed by atoms with Crippen LogP contribution in [0.15, 0.2) is 42.5 Å². The van der Waals surface area contributed by atoms with Gasteiger partial charge in [-0.15, -0.1) is 0 Å². The summed E-state index contributed by atoms with van der Waals surface area (Å²) in [5, 5.41) is 0. The third kappa shape index (κ3) is 6.55. The Labute approximate surface area is 148 Å². The van der Waals surface area contributed by atoms with Crippen LogP contribution in [0.2, 0.25) is 0 Å². The predicted octanol–water partition coefficient (Wildman–Crippen LogP) is 7.19. The zero-order valence-corrected chi connectivity index (χ0v) is 15.6. The van der Waals surface area contributed by atoms with Crippen molar-refractivity contribution in [2.45, 2.75) is 71.6 Å². The van der Waals surface area contributed by atoms with Crippen molar-refractivity contribution >= 4 is 5.57 Å². The van der Waals surface area contributed by atoms with E-state index in [4.69, 9.17) is 4.74 Å². The van der Waals surface area contributed by atoms with E-state index in [1.54, 1.807) is 0 Å². The van der Waals surface area contributed by atoms with Crippen molar-refractivity contribution in [3.05, 3.63) is 48.1 Å². The molecule has 24 heavy (non-hydrogen) atoms. The molecule has 0 saturated carbocycles. The number of allylic oxidation sites excluding steroid dienone is 4. The molecule has 0 spiro atoms. The van der Waals surface area contributed by atoms with Gasteiger partial charge in [-0.25, -0.2) is 0 Å². The van der Waals surface area contributed by atoms with Crippen LogP contribution in [0, 0.1) is 5.92 Å². The fraction of sp³-hybridized carbons (Fsp3) is 0.565. The van der Waals surface area contributed by atoms with Gasteiger partial charge < -0.3 is 4.74 Å². The number of ether oxygens (including phenoxy) is 1. The number of hydrogen-bond acceptors (Lipinski definition) is 1. The van der Waals surface area contributed by atoms with Gasteiger partial charge in [0.25, 0.3) is 0 Å². The molecule has 0 N–H and O–H groups in total. The smallest absolute Gasteiger partial charge is 0.119 e. The Morgan fingerprint density at radius 1 is 0.917 bits per heavy atom. The summed E-state index contributed by atoms with van der Waals surface area (Å²) in [7, 11) is 0. The van der Waals surface area contributed by atoms with E-state index in [0.717, 1.165) is 24.7 Å². The third-order valence-corrected chi connectivity index (χ3v) is 4.80. The summed E-state index contributed by atoms with van der Waals surface area (Å²) < 4.78 is 5.87. The van der Waals surface area contributed by atoms with Crippen LogP contribution in [-0.4, -0.2) is 6.61 Å². The first kappa shape index (κ1) is 18.8. The summed E-state index contributed by atoms with van der Waals surface area (Å²) in [6.45, 7) is 5.36. The minimum absolute atomic E-state index is 0.735. The maximum Gasteiger partial charge on any atom is 0.119 e. The van der Waals surface area contributed by atoms with Gasteiger partial charge in [0.05, 0.1) is 6.61 Å². The lowest BCUT2D eigenvalue weighted by Crippen LogP contribution is -1.99. The topological polar surface area (TPSA) is 9.23 Å². The number of rotatable bonds is 11. The van der Waals surface area contributed by atoms with Gasteiger partial charge >= 0.3 is 0 Å². The van der Waals surface area contributed by atoms with E-state index < -0.39 is 0 Å². The van der Waals surface area contributed by atoms with Crippen LogP contribution in [0.3, 0.4) is 0 Å². The quantitative estimate of drug-likeness (QED) is 0.391. The molecule has 0 amide bonds. The van der Waals surface area contributed by atoms with Gasteiger partial charge in [0, 0.05) is 0 Å². The van der Waals surface area contributed by atoms with Gasteiger partial charge in [-0.2, -0.15) is 0 Å². The van der Waals surface area contributed by atoms with Crippen LogP contribution in [0.5, 0.6) is 5.75 Å². The molecule has 1 aliphatic rings. The molecule has 1 atom stereocenters. The molecule has 0 bridgehead atoms. The van der Waals surface area contributed by atoms with Crippen molar-refractivity contribution < 1.29 is 4.74 Å². The van der Waals surface area contributed by atoms with Gasteiger partial charge in [0.1, 0.15) is 5.75 Å². The molecule has 1 aliphatic carbocycles. The minimum atomic E-state index is 0.735. The van der Waals surface area contributed by atoms with Crippen molar-refractivity contribution in [1.29, 1.82) is 0 Å². The zero-order valence-electron chi connectivity index (χ0n) is 15.6. The van der Waals surface area contributed by atoms with E-state index >= 15 is 0 Å². The second kappa shape index (κ2) is 11.1. The molecule has 0 aromatic heterocycles. The summed E-state index contributed by atoms with van der Waals surface area (Å²) in [5.74, 6) is 1.73. The molecular formula is C23H34O. The minimum Gasteiger partial charge on any atom is -0.494 e. The summed E-state index contributed by atoms with van der Waals surface area (Å²) in [4.78, 5) is 0. The van der Waals surface area contributed by atoms with Gasteiger partial charge in [0.2, 0.25) is 0 Å². The van der Waals surface area contributed by atoms with Crippen molar-refractivity contribution in [1.82, 2.24) is 0 Å². The number of unbranched alkanes of at least 4 members (excludes halogenated alkanes) is 5. The van der Waals surface area contributed by atoms with E-state index in [1.165, 1.54) is 62.5 Å². The Hall–Kier alpha value is -1.50. The first-order chi connectivity index (χ1) is 11.8. The van der Waals surface area contributed by atoms with Gasteiger partial charge in [-0.05, 0) is 48.4 Å². The van der Waals surface area contributed by atoms with Crippen LogP contribution in [0.4, 0.5) is 0 Å². The highest BCUT2D eigenvalue weighted by Gasteiger charge is 2.09. The molecule has 1 nitrogen and oxygen atoms in total. The highest BCUT2D eigenvalue weighted by molar-refractivity contribution is 5.75. The summed E-state index contributed by atoms with van der Waals surface area (Å²) in [6, 6.07) is 8.60. The van der Waals surface area contributed by atoms with Crippen LogP contribution in [0.1, 0.15) is 77.2 Å².